The van der Waals surface area contributed by atoms with Crippen molar-refractivity contribution in [3.8, 4) is 0 Å². The van der Waals surface area contributed by atoms with Crippen molar-refractivity contribution in [1.82, 2.24) is 9.97 Å². The van der Waals surface area contributed by atoms with Crippen LogP contribution >= 0.6 is 11.6 Å². The summed E-state index contributed by atoms with van der Waals surface area (Å²) in [6.45, 7) is 2.09. The smallest absolute Gasteiger partial charge is 0.275 e. The summed E-state index contributed by atoms with van der Waals surface area (Å²) in [6.07, 6.45) is 2.79. The summed E-state index contributed by atoms with van der Waals surface area (Å²) >= 11 is 6.05. The highest BCUT2D eigenvalue weighted by Gasteiger charge is 2.11. The van der Waals surface area contributed by atoms with Crippen molar-refractivity contribution in [1.29, 1.82) is 0 Å². The molecule has 2 aromatic carbocycles. The standard InChI is InChI=1S/C19H16ClFN4O/c1-12-14(20)6-4-8-16(12)25-19(26)17-10-24-18(11-22-17)23-9-13-5-2-3-7-15(13)21/h2-8,10-11H,9H2,1H3,(H,23,24)(H,25,26). The first-order valence-corrected chi connectivity index (χ1v) is 8.28. The third-order valence-electron chi connectivity index (χ3n) is 3.82. The highest BCUT2D eigenvalue weighted by molar-refractivity contribution is 6.31. The van der Waals surface area contributed by atoms with Crippen molar-refractivity contribution in [2.45, 2.75) is 13.5 Å². The van der Waals surface area contributed by atoms with Gasteiger partial charge in [-0.3, -0.25) is 4.79 Å². The Bertz CT molecular complexity index is 931. The molecule has 7 heteroatoms. The first-order valence-electron chi connectivity index (χ1n) is 7.90. The first kappa shape index (κ1) is 17.8. The minimum absolute atomic E-state index is 0.167. The Morgan fingerprint density at radius 3 is 2.65 bits per heavy atom. The molecule has 1 heterocycles. The molecular weight excluding hydrogens is 355 g/mol. The Morgan fingerprint density at radius 1 is 1.12 bits per heavy atom. The maximum Gasteiger partial charge on any atom is 0.275 e. The van der Waals surface area contributed by atoms with Crippen LogP contribution in [0.15, 0.2) is 54.9 Å². The molecule has 5 nitrogen and oxygen atoms in total. The summed E-state index contributed by atoms with van der Waals surface area (Å²) in [6, 6.07) is 11.7. The highest BCUT2D eigenvalue weighted by Crippen LogP contribution is 2.23. The fraction of sp³-hybridized carbons (Fsp3) is 0.105. The number of anilines is 2. The molecule has 3 aromatic rings. The van der Waals surface area contributed by atoms with Gasteiger partial charge in [0.15, 0.2) is 0 Å². The lowest BCUT2D eigenvalue weighted by molar-refractivity contribution is 0.102. The van der Waals surface area contributed by atoms with Gasteiger partial charge in [-0.1, -0.05) is 35.9 Å². The zero-order valence-corrected chi connectivity index (χ0v) is 14.7. The summed E-state index contributed by atoms with van der Waals surface area (Å²) in [5.74, 6) is -0.229. The Kier molecular flexibility index (Phi) is 5.43. The predicted octanol–water partition coefficient (Wildman–Crippen LogP) is 4.44. The molecule has 26 heavy (non-hydrogen) atoms. The zero-order valence-electron chi connectivity index (χ0n) is 14.0. The molecule has 0 fully saturated rings. The van der Waals surface area contributed by atoms with Crippen LogP contribution in [0.25, 0.3) is 0 Å². The molecule has 1 amide bonds. The number of hydrogen-bond donors (Lipinski definition) is 2. The van der Waals surface area contributed by atoms with E-state index in [1.165, 1.54) is 18.5 Å². The molecule has 0 aliphatic carbocycles. The number of nitrogens with zero attached hydrogens (tertiary/aromatic N) is 2. The number of amides is 1. The number of halogens is 2. The van der Waals surface area contributed by atoms with Crippen molar-refractivity contribution < 1.29 is 9.18 Å². The lowest BCUT2D eigenvalue weighted by Crippen LogP contribution is -2.15. The highest BCUT2D eigenvalue weighted by atomic mass is 35.5. The molecule has 0 atom stereocenters. The van der Waals surface area contributed by atoms with Crippen LogP contribution in [0.4, 0.5) is 15.9 Å². The number of aromatic nitrogens is 2. The summed E-state index contributed by atoms with van der Waals surface area (Å²) in [5.41, 5.74) is 2.08. The Morgan fingerprint density at radius 2 is 1.92 bits per heavy atom. The minimum Gasteiger partial charge on any atom is -0.365 e. The van der Waals surface area contributed by atoms with Gasteiger partial charge in [-0.15, -0.1) is 0 Å². The van der Waals surface area contributed by atoms with E-state index in [0.29, 0.717) is 22.1 Å². The normalized spacial score (nSPS) is 10.4. The van der Waals surface area contributed by atoms with Gasteiger partial charge in [0.2, 0.25) is 0 Å². The molecule has 3 rings (SSSR count). The van der Waals surface area contributed by atoms with Gasteiger partial charge in [0.25, 0.3) is 5.91 Å². The maximum atomic E-state index is 13.6. The lowest BCUT2D eigenvalue weighted by Gasteiger charge is -2.10. The Balaban J connectivity index is 1.64. The summed E-state index contributed by atoms with van der Waals surface area (Å²) in [7, 11) is 0. The van der Waals surface area contributed by atoms with E-state index in [1.54, 1.807) is 36.4 Å². The van der Waals surface area contributed by atoms with Crippen LogP contribution in [-0.2, 0) is 6.54 Å². The first-order chi connectivity index (χ1) is 12.5. The largest absolute Gasteiger partial charge is 0.365 e. The van der Waals surface area contributed by atoms with Crippen LogP contribution in [0.3, 0.4) is 0 Å². The molecule has 0 unspecified atom stereocenters. The molecule has 0 bridgehead atoms. The van der Waals surface area contributed by atoms with E-state index in [0.717, 1.165) is 5.56 Å². The maximum absolute atomic E-state index is 13.6. The van der Waals surface area contributed by atoms with Gasteiger partial charge >= 0.3 is 0 Å². The van der Waals surface area contributed by atoms with Gasteiger partial charge in [0.1, 0.15) is 17.3 Å². The second-order valence-corrected chi connectivity index (χ2v) is 6.01. The number of carbonyl (C=O) groups is 1. The van der Waals surface area contributed by atoms with Crippen molar-refractivity contribution >= 4 is 29.0 Å². The second kappa shape index (κ2) is 7.93. The molecule has 1 aromatic heterocycles. The lowest BCUT2D eigenvalue weighted by atomic mass is 10.2. The van der Waals surface area contributed by atoms with Gasteiger partial charge in [-0.05, 0) is 30.7 Å². The van der Waals surface area contributed by atoms with E-state index in [9.17, 15) is 9.18 Å². The van der Waals surface area contributed by atoms with Gasteiger partial charge in [0, 0.05) is 22.8 Å². The van der Waals surface area contributed by atoms with Crippen LogP contribution in [0.1, 0.15) is 21.6 Å². The van der Waals surface area contributed by atoms with E-state index in [1.807, 2.05) is 6.92 Å². The Hall–Kier alpha value is -2.99. The van der Waals surface area contributed by atoms with Crippen LogP contribution in [0, 0.1) is 12.7 Å². The predicted molar refractivity (Wildman–Crippen MR) is 99.9 cm³/mol. The van der Waals surface area contributed by atoms with Crippen molar-refractivity contribution in [3.05, 3.63) is 82.5 Å². The fourth-order valence-corrected chi connectivity index (χ4v) is 2.47. The van der Waals surface area contributed by atoms with Gasteiger partial charge in [0.05, 0.1) is 12.4 Å². The van der Waals surface area contributed by atoms with E-state index in [2.05, 4.69) is 20.6 Å². The van der Waals surface area contributed by atoms with E-state index in [-0.39, 0.29) is 24.0 Å². The van der Waals surface area contributed by atoms with Crippen LogP contribution < -0.4 is 10.6 Å². The summed E-state index contributed by atoms with van der Waals surface area (Å²) in [4.78, 5) is 20.5. The summed E-state index contributed by atoms with van der Waals surface area (Å²) in [5, 5.41) is 6.30. The molecule has 132 valence electrons. The van der Waals surface area contributed by atoms with E-state index >= 15 is 0 Å². The molecule has 0 saturated carbocycles. The topological polar surface area (TPSA) is 66.9 Å². The SMILES string of the molecule is Cc1c(Cl)cccc1NC(=O)c1cnc(NCc2ccccc2F)cn1. The van der Waals surface area contributed by atoms with Gasteiger partial charge in [-0.25, -0.2) is 14.4 Å². The van der Waals surface area contributed by atoms with Crippen molar-refractivity contribution in [2.75, 3.05) is 10.6 Å². The van der Waals surface area contributed by atoms with Gasteiger partial charge in [-0.2, -0.15) is 0 Å². The molecule has 0 aliphatic heterocycles. The number of benzene rings is 2. The van der Waals surface area contributed by atoms with Crippen LogP contribution in [-0.4, -0.2) is 15.9 Å². The van der Waals surface area contributed by atoms with Crippen molar-refractivity contribution in [2.24, 2.45) is 0 Å². The van der Waals surface area contributed by atoms with Crippen molar-refractivity contribution in [3.63, 3.8) is 0 Å². The summed E-state index contributed by atoms with van der Waals surface area (Å²) < 4.78 is 13.6. The quantitative estimate of drug-likeness (QED) is 0.696. The Labute approximate surface area is 155 Å². The molecule has 0 saturated heterocycles. The molecular formula is C19H16ClFN4O. The zero-order chi connectivity index (χ0) is 18.5. The molecule has 0 aliphatic rings. The number of rotatable bonds is 5. The molecule has 0 spiro atoms. The number of hydrogen-bond acceptors (Lipinski definition) is 4. The van der Waals surface area contributed by atoms with E-state index < -0.39 is 0 Å². The van der Waals surface area contributed by atoms with E-state index in [4.69, 9.17) is 11.6 Å². The fourth-order valence-electron chi connectivity index (χ4n) is 2.29. The third kappa shape index (κ3) is 4.15. The van der Waals surface area contributed by atoms with Crippen LogP contribution in [0.5, 0.6) is 0 Å². The molecule has 0 radical (unpaired) electrons. The monoisotopic (exact) mass is 370 g/mol. The third-order valence-corrected chi connectivity index (χ3v) is 4.23. The number of nitrogens with one attached hydrogen (secondary N) is 2. The minimum atomic E-state index is -0.386. The molecule has 2 N–H and O–H groups in total. The second-order valence-electron chi connectivity index (χ2n) is 5.60. The van der Waals surface area contributed by atoms with Crippen LogP contribution in [0.2, 0.25) is 5.02 Å². The average Bonchev–Trinajstić information content (AvgIpc) is 2.65. The number of carbonyl (C=O) groups excluding carboxylic acids is 1. The average molecular weight is 371 g/mol. The van der Waals surface area contributed by atoms with Gasteiger partial charge < -0.3 is 10.6 Å².